The van der Waals surface area contributed by atoms with Crippen molar-refractivity contribution >= 4 is 15.9 Å². The van der Waals surface area contributed by atoms with Gasteiger partial charge in [0.05, 0.1) is 4.90 Å². The van der Waals surface area contributed by atoms with Crippen LogP contribution in [0.2, 0.25) is 0 Å². The van der Waals surface area contributed by atoms with Crippen LogP contribution in [0.25, 0.3) is 0 Å². The maximum Gasteiger partial charge on any atom is 0.243 e. The minimum absolute atomic E-state index is 0.0235. The van der Waals surface area contributed by atoms with Crippen LogP contribution in [-0.2, 0) is 20.2 Å². The van der Waals surface area contributed by atoms with E-state index in [9.17, 15) is 13.2 Å². The molecule has 2 atom stereocenters. The Hall–Kier alpha value is -1.40. The molecule has 1 amide bonds. The van der Waals surface area contributed by atoms with E-state index in [0.717, 1.165) is 5.56 Å². The molecule has 1 aromatic carbocycles. The van der Waals surface area contributed by atoms with Crippen LogP contribution in [0.5, 0.6) is 0 Å². The van der Waals surface area contributed by atoms with Gasteiger partial charge in [-0.05, 0) is 42.4 Å². The van der Waals surface area contributed by atoms with Crippen molar-refractivity contribution in [3.63, 3.8) is 0 Å². The molecule has 0 aliphatic carbocycles. The van der Waals surface area contributed by atoms with Crippen LogP contribution in [-0.4, -0.2) is 48.7 Å². The molecular formula is C22H36N2O3S. The molecule has 0 saturated carbocycles. The molecule has 2 rings (SSSR count). The quantitative estimate of drug-likeness (QED) is 0.759. The van der Waals surface area contributed by atoms with E-state index in [1.165, 1.54) is 4.31 Å². The van der Waals surface area contributed by atoms with Gasteiger partial charge in [-0.1, -0.05) is 53.7 Å². The number of carbonyl (C=O) groups is 1. The van der Waals surface area contributed by atoms with Gasteiger partial charge in [-0.15, -0.1) is 0 Å². The van der Waals surface area contributed by atoms with Crippen molar-refractivity contribution in [3.8, 4) is 0 Å². The molecule has 1 fully saturated rings. The molecule has 1 unspecified atom stereocenters. The number of amides is 1. The fourth-order valence-corrected chi connectivity index (χ4v) is 5.39. The Balaban J connectivity index is 2.20. The van der Waals surface area contributed by atoms with E-state index in [2.05, 4.69) is 20.8 Å². The van der Waals surface area contributed by atoms with E-state index in [1.807, 2.05) is 51.7 Å². The molecule has 1 heterocycles. The van der Waals surface area contributed by atoms with E-state index < -0.39 is 10.0 Å². The number of benzene rings is 1. The highest BCUT2D eigenvalue weighted by Crippen LogP contribution is 2.28. The summed E-state index contributed by atoms with van der Waals surface area (Å²) in [7, 11) is -3.58. The van der Waals surface area contributed by atoms with Gasteiger partial charge in [-0.2, -0.15) is 4.31 Å². The Kier molecular flexibility index (Phi) is 6.37. The number of rotatable bonds is 3. The number of piperazine rings is 1. The number of hydrogen-bond acceptors (Lipinski definition) is 3. The van der Waals surface area contributed by atoms with Crippen molar-refractivity contribution in [1.29, 1.82) is 0 Å². The molecule has 0 spiro atoms. The normalized spacial score (nSPS) is 22.4. The van der Waals surface area contributed by atoms with Crippen molar-refractivity contribution in [1.82, 2.24) is 9.21 Å². The van der Waals surface area contributed by atoms with E-state index in [-0.39, 0.29) is 28.8 Å². The van der Waals surface area contributed by atoms with Gasteiger partial charge in [-0.25, -0.2) is 8.42 Å². The Morgan fingerprint density at radius 2 is 1.43 bits per heavy atom. The zero-order valence-electron chi connectivity index (χ0n) is 18.6. The van der Waals surface area contributed by atoms with Crippen LogP contribution in [0.4, 0.5) is 0 Å². The molecule has 0 N–H and O–H groups in total. The van der Waals surface area contributed by atoms with Crippen molar-refractivity contribution in [3.05, 3.63) is 29.8 Å². The van der Waals surface area contributed by atoms with Crippen molar-refractivity contribution in [2.24, 2.45) is 5.41 Å². The summed E-state index contributed by atoms with van der Waals surface area (Å²) in [5.74, 6) is 0.0964. The maximum atomic E-state index is 13.2. The number of carbonyl (C=O) groups excluding carboxylic acids is 1. The third-order valence-electron chi connectivity index (χ3n) is 5.21. The second-order valence-electron chi connectivity index (χ2n) is 10.3. The predicted molar refractivity (Wildman–Crippen MR) is 114 cm³/mol. The molecule has 5 nitrogen and oxygen atoms in total. The monoisotopic (exact) mass is 408 g/mol. The largest absolute Gasteiger partial charge is 0.335 e. The standard InChI is InChI=1S/C22H36N2O3S/c1-16-14-23(15-17(2)24(16)20(25)13-21(3,4)5)28(26,27)19-11-9-18(10-12-19)22(6,7)8/h9-12,16-17H,13-15H2,1-8H3/t16-,17?/m1/s1. The third kappa shape index (κ3) is 5.15. The zero-order valence-corrected chi connectivity index (χ0v) is 19.4. The molecule has 1 aliphatic heterocycles. The maximum absolute atomic E-state index is 13.2. The first-order valence-corrected chi connectivity index (χ1v) is 11.5. The smallest absolute Gasteiger partial charge is 0.243 e. The Bertz CT molecular complexity index is 790. The van der Waals surface area contributed by atoms with Crippen LogP contribution in [0.3, 0.4) is 0 Å². The first-order valence-electron chi connectivity index (χ1n) is 10.0. The van der Waals surface area contributed by atoms with Gasteiger partial charge >= 0.3 is 0 Å². The number of hydrogen-bond donors (Lipinski definition) is 0. The highest BCUT2D eigenvalue weighted by Gasteiger charge is 2.39. The second-order valence-corrected chi connectivity index (χ2v) is 12.3. The van der Waals surface area contributed by atoms with Gasteiger partial charge in [0.1, 0.15) is 0 Å². The topological polar surface area (TPSA) is 57.7 Å². The fourth-order valence-electron chi connectivity index (χ4n) is 3.78. The lowest BCUT2D eigenvalue weighted by atomic mass is 9.87. The van der Waals surface area contributed by atoms with Crippen LogP contribution < -0.4 is 0 Å². The van der Waals surface area contributed by atoms with Crippen molar-refractivity contribution in [2.45, 2.75) is 84.2 Å². The third-order valence-corrected chi connectivity index (χ3v) is 7.06. The first-order chi connectivity index (χ1) is 12.6. The Labute approximate surface area is 171 Å². The zero-order chi connectivity index (χ0) is 21.5. The van der Waals surface area contributed by atoms with Gasteiger partial charge in [0.2, 0.25) is 15.9 Å². The highest BCUT2D eigenvalue weighted by molar-refractivity contribution is 7.89. The van der Waals surface area contributed by atoms with Crippen LogP contribution in [0.1, 0.15) is 67.4 Å². The first kappa shape index (κ1) is 22.9. The fraction of sp³-hybridized carbons (Fsp3) is 0.682. The van der Waals surface area contributed by atoms with Crippen LogP contribution >= 0.6 is 0 Å². The molecule has 0 aromatic heterocycles. The Morgan fingerprint density at radius 1 is 0.964 bits per heavy atom. The van der Waals surface area contributed by atoms with Gasteiger partial charge in [0.15, 0.2) is 0 Å². The molecule has 0 bridgehead atoms. The molecule has 28 heavy (non-hydrogen) atoms. The average Bonchev–Trinajstić information content (AvgIpc) is 2.51. The van der Waals surface area contributed by atoms with Gasteiger partial charge in [-0.3, -0.25) is 4.79 Å². The van der Waals surface area contributed by atoms with Crippen LogP contribution in [0.15, 0.2) is 29.2 Å². The lowest BCUT2D eigenvalue weighted by Crippen LogP contribution is -2.60. The molecular weight excluding hydrogens is 372 g/mol. The summed E-state index contributed by atoms with van der Waals surface area (Å²) in [6.07, 6.45) is 0.461. The van der Waals surface area contributed by atoms with Crippen molar-refractivity contribution in [2.75, 3.05) is 13.1 Å². The summed E-state index contributed by atoms with van der Waals surface area (Å²) >= 11 is 0. The molecule has 1 aliphatic rings. The van der Waals surface area contributed by atoms with Gasteiger partial charge in [0.25, 0.3) is 0 Å². The minimum Gasteiger partial charge on any atom is -0.335 e. The number of nitrogens with zero attached hydrogens (tertiary/aromatic N) is 2. The molecule has 0 radical (unpaired) electrons. The van der Waals surface area contributed by atoms with E-state index in [0.29, 0.717) is 24.4 Å². The summed E-state index contributed by atoms with van der Waals surface area (Å²) in [5.41, 5.74) is 0.990. The van der Waals surface area contributed by atoms with E-state index >= 15 is 0 Å². The molecule has 1 aromatic rings. The van der Waals surface area contributed by atoms with Crippen molar-refractivity contribution < 1.29 is 13.2 Å². The summed E-state index contributed by atoms with van der Waals surface area (Å²) in [6, 6.07) is 6.88. The summed E-state index contributed by atoms with van der Waals surface area (Å²) in [5, 5.41) is 0. The summed E-state index contributed by atoms with van der Waals surface area (Å²) < 4.78 is 27.9. The lowest BCUT2D eigenvalue weighted by Gasteiger charge is -2.44. The summed E-state index contributed by atoms with van der Waals surface area (Å²) in [6.45, 7) is 17.0. The lowest BCUT2D eigenvalue weighted by molar-refractivity contribution is -0.139. The highest BCUT2D eigenvalue weighted by atomic mass is 32.2. The summed E-state index contributed by atoms with van der Waals surface area (Å²) in [4.78, 5) is 14.9. The van der Waals surface area contributed by atoms with Crippen LogP contribution in [0, 0.1) is 5.41 Å². The average molecular weight is 409 g/mol. The second kappa shape index (κ2) is 7.79. The minimum atomic E-state index is -3.58. The van der Waals surface area contributed by atoms with E-state index in [4.69, 9.17) is 0 Å². The van der Waals surface area contributed by atoms with Gasteiger partial charge in [0, 0.05) is 31.6 Å². The molecule has 1 saturated heterocycles. The predicted octanol–water partition coefficient (Wildman–Crippen LogP) is 4.03. The number of sulfonamides is 1. The van der Waals surface area contributed by atoms with Gasteiger partial charge < -0.3 is 4.90 Å². The molecule has 6 heteroatoms. The SMILES string of the molecule is CC1CN(S(=O)(=O)c2ccc(C(C)(C)C)cc2)C[C@@H](C)N1C(=O)CC(C)(C)C. The van der Waals surface area contributed by atoms with E-state index in [1.54, 1.807) is 12.1 Å². The Morgan fingerprint density at radius 3 is 1.82 bits per heavy atom. The molecule has 158 valence electrons.